The third-order valence-electron chi connectivity index (χ3n) is 3.01. The first-order chi connectivity index (χ1) is 11.3. The molecule has 0 saturated carbocycles. The SMILES string of the molecule is CN(C#N)C(=O)C(CS(C)(=O)=O)NC(=O)c1cccc(C(F)(F)F)c1. The number of rotatable bonds is 5. The van der Waals surface area contributed by atoms with E-state index in [0.29, 0.717) is 11.0 Å². The van der Waals surface area contributed by atoms with Gasteiger partial charge < -0.3 is 5.32 Å². The van der Waals surface area contributed by atoms with Gasteiger partial charge in [-0.15, -0.1) is 0 Å². The number of halogens is 3. The smallest absolute Gasteiger partial charge is 0.339 e. The van der Waals surface area contributed by atoms with Crippen LogP contribution in [0, 0.1) is 11.5 Å². The topological polar surface area (TPSA) is 107 Å². The van der Waals surface area contributed by atoms with Gasteiger partial charge in [-0.25, -0.2) is 8.42 Å². The lowest BCUT2D eigenvalue weighted by Gasteiger charge is -2.19. The van der Waals surface area contributed by atoms with Crippen LogP contribution in [0.5, 0.6) is 0 Å². The van der Waals surface area contributed by atoms with Crippen molar-refractivity contribution in [2.45, 2.75) is 12.2 Å². The number of hydrogen-bond donors (Lipinski definition) is 1. The number of nitrogens with one attached hydrogen (secondary N) is 1. The van der Waals surface area contributed by atoms with Gasteiger partial charge in [-0.3, -0.25) is 14.5 Å². The first-order valence-electron chi connectivity index (χ1n) is 6.68. The number of carbonyl (C=O) groups excluding carboxylic acids is 2. The molecule has 1 aromatic rings. The van der Waals surface area contributed by atoms with Crippen LogP contribution < -0.4 is 5.32 Å². The normalized spacial score (nSPS) is 12.8. The molecule has 0 fully saturated rings. The van der Waals surface area contributed by atoms with Crippen LogP contribution in [0.1, 0.15) is 15.9 Å². The van der Waals surface area contributed by atoms with Crippen LogP contribution in [0.4, 0.5) is 13.2 Å². The van der Waals surface area contributed by atoms with Gasteiger partial charge in [0.25, 0.3) is 11.8 Å². The molecule has 0 spiro atoms. The number of amides is 2. The van der Waals surface area contributed by atoms with Crippen molar-refractivity contribution in [2.75, 3.05) is 19.1 Å². The molecule has 1 atom stereocenters. The van der Waals surface area contributed by atoms with Crippen molar-refractivity contribution in [1.29, 1.82) is 5.26 Å². The first kappa shape index (κ1) is 20.4. The Morgan fingerprint density at radius 1 is 1.36 bits per heavy atom. The zero-order valence-corrected chi connectivity index (χ0v) is 14.0. The predicted molar refractivity (Wildman–Crippen MR) is 80.8 cm³/mol. The van der Waals surface area contributed by atoms with E-state index in [0.717, 1.165) is 31.5 Å². The van der Waals surface area contributed by atoms with Gasteiger partial charge in [0.05, 0.1) is 11.3 Å². The molecule has 1 aromatic carbocycles. The maximum Gasteiger partial charge on any atom is 0.416 e. The van der Waals surface area contributed by atoms with E-state index in [9.17, 15) is 31.2 Å². The monoisotopic (exact) mass is 377 g/mol. The zero-order valence-electron chi connectivity index (χ0n) is 13.2. The van der Waals surface area contributed by atoms with Gasteiger partial charge >= 0.3 is 6.18 Å². The fourth-order valence-electron chi connectivity index (χ4n) is 1.84. The van der Waals surface area contributed by atoms with Crippen molar-refractivity contribution in [1.82, 2.24) is 10.2 Å². The van der Waals surface area contributed by atoms with Gasteiger partial charge in [0, 0.05) is 18.9 Å². The van der Waals surface area contributed by atoms with Crippen molar-refractivity contribution in [2.24, 2.45) is 0 Å². The molecule has 0 aliphatic heterocycles. The van der Waals surface area contributed by atoms with Gasteiger partial charge in [0.1, 0.15) is 15.9 Å². The molecule has 1 rings (SSSR count). The number of nitrogens with zero attached hydrogens (tertiary/aromatic N) is 2. The summed E-state index contributed by atoms with van der Waals surface area (Å²) in [6, 6.07) is 1.82. The third-order valence-corrected chi connectivity index (χ3v) is 3.94. The second-order valence-corrected chi connectivity index (χ2v) is 7.38. The number of carbonyl (C=O) groups is 2. The van der Waals surface area contributed by atoms with E-state index in [1.54, 1.807) is 0 Å². The number of benzene rings is 1. The molecular formula is C14H14F3N3O4S. The highest BCUT2D eigenvalue weighted by molar-refractivity contribution is 7.90. The van der Waals surface area contributed by atoms with E-state index in [2.05, 4.69) is 5.32 Å². The molecule has 7 nitrogen and oxygen atoms in total. The zero-order chi connectivity index (χ0) is 19.4. The maximum atomic E-state index is 12.7. The van der Waals surface area contributed by atoms with Crippen LogP contribution in [-0.4, -0.2) is 50.2 Å². The largest absolute Gasteiger partial charge is 0.416 e. The minimum absolute atomic E-state index is 0.402. The van der Waals surface area contributed by atoms with Crippen molar-refractivity contribution in [3.8, 4) is 6.19 Å². The molecule has 0 heterocycles. The minimum atomic E-state index is -4.67. The molecule has 0 aliphatic carbocycles. The van der Waals surface area contributed by atoms with Crippen molar-refractivity contribution < 1.29 is 31.2 Å². The quantitative estimate of drug-likeness (QED) is 0.603. The van der Waals surface area contributed by atoms with Crippen molar-refractivity contribution in [3.63, 3.8) is 0 Å². The Labute approximate surface area is 141 Å². The summed E-state index contributed by atoms with van der Waals surface area (Å²) in [5, 5.41) is 10.8. The van der Waals surface area contributed by atoms with Crippen molar-refractivity contribution >= 4 is 21.7 Å². The molecule has 0 aliphatic rings. The summed E-state index contributed by atoms with van der Waals surface area (Å²) in [4.78, 5) is 24.6. The number of alkyl halides is 3. The molecule has 25 heavy (non-hydrogen) atoms. The summed E-state index contributed by atoms with van der Waals surface area (Å²) in [6.07, 6.45) is -2.39. The molecule has 136 valence electrons. The van der Waals surface area contributed by atoms with Crippen LogP contribution >= 0.6 is 0 Å². The summed E-state index contributed by atoms with van der Waals surface area (Å²) < 4.78 is 60.9. The highest BCUT2D eigenvalue weighted by Gasteiger charge is 2.32. The molecule has 0 bridgehead atoms. The Morgan fingerprint density at radius 3 is 2.44 bits per heavy atom. The van der Waals surface area contributed by atoms with Gasteiger partial charge in [-0.1, -0.05) is 6.07 Å². The highest BCUT2D eigenvalue weighted by atomic mass is 32.2. The lowest BCUT2D eigenvalue weighted by molar-refractivity contribution is -0.137. The summed E-state index contributed by atoms with van der Waals surface area (Å²) >= 11 is 0. The first-order valence-corrected chi connectivity index (χ1v) is 8.74. The van der Waals surface area contributed by atoms with Crippen LogP contribution in [0.15, 0.2) is 24.3 Å². The Balaban J connectivity index is 3.10. The van der Waals surface area contributed by atoms with E-state index >= 15 is 0 Å². The van der Waals surface area contributed by atoms with Crippen LogP contribution in [-0.2, 0) is 20.8 Å². The molecule has 1 unspecified atom stereocenters. The molecular weight excluding hydrogens is 363 g/mol. The number of likely N-dealkylation sites (N-methyl/N-ethyl adjacent to an activating group) is 1. The Kier molecular flexibility index (Phi) is 6.15. The predicted octanol–water partition coefficient (Wildman–Crippen LogP) is 0.788. The highest BCUT2D eigenvalue weighted by Crippen LogP contribution is 2.29. The summed E-state index contributed by atoms with van der Waals surface area (Å²) in [5.74, 6) is -2.88. The Bertz CT molecular complexity index is 815. The van der Waals surface area contributed by atoms with E-state index < -0.39 is 50.7 Å². The second kappa shape index (κ2) is 7.52. The average molecular weight is 377 g/mol. The molecule has 1 N–H and O–H groups in total. The lowest BCUT2D eigenvalue weighted by atomic mass is 10.1. The second-order valence-electron chi connectivity index (χ2n) is 5.19. The number of hydrogen-bond acceptors (Lipinski definition) is 5. The maximum absolute atomic E-state index is 12.7. The molecule has 0 saturated heterocycles. The van der Waals surface area contributed by atoms with E-state index in [-0.39, 0.29) is 0 Å². The molecule has 0 aromatic heterocycles. The summed E-state index contributed by atoms with van der Waals surface area (Å²) in [7, 11) is -2.66. The van der Waals surface area contributed by atoms with E-state index in [1.165, 1.54) is 6.19 Å². The van der Waals surface area contributed by atoms with Crippen LogP contribution in [0.2, 0.25) is 0 Å². The van der Waals surface area contributed by atoms with E-state index in [4.69, 9.17) is 5.26 Å². The lowest BCUT2D eigenvalue weighted by Crippen LogP contribution is -2.49. The van der Waals surface area contributed by atoms with Crippen LogP contribution in [0.3, 0.4) is 0 Å². The standard InChI is InChI=1S/C14H14F3N3O4S/c1-20(8-18)13(22)11(7-25(2,23)24)19-12(21)9-4-3-5-10(6-9)14(15,16)17/h3-6,11H,7H2,1-2H3,(H,19,21). The fourth-order valence-corrected chi connectivity index (χ4v) is 2.67. The third kappa shape index (κ3) is 6.07. The Morgan fingerprint density at radius 2 is 1.96 bits per heavy atom. The summed E-state index contributed by atoms with van der Waals surface area (Å²) in [5.41, 5.74) is -1.47. The molecule has 0 radical (unpaired) electrons. The summed E-state index contributed by atoms with van der Waals surface area (Å²) in [6.45, 7) is 0. The van der Waals surface area contributed by atoms with Gasteiger partial charge in [0.15, 0.2) is 6.19 Å². The van der Waals surface area contributed by atoms with Gasteiger partial charge in [-0.05, 0) is 18.2 Å². The minimum Gasteiger partial charge on any atom is -0.339 e. The van der Waals surface area contributed by atoms with Gasteiger partial charge in [-0.2, -0.15) is 18.4 Å². The molecule has 2 amide bonds. The fraction of sp³-hybridized carbons (Fsp3) is 0.357. The van der Waals surface area contributed by atoms with E-state index in [1.807, 2.05) is 0 Å². The average Bonchev–Trinajstić information content (AvgIpc) is 2.50. The molecule has 11 heteroatoms. The number of nitriles is 1. The van der Waals surface area contributed by atoms with Gasteiger partial charge in [0.2, 0.25) is 0 Å². The number of sulfone groups is 1. The van der Waals surface area contributed by atoms with Crippen molar-refractivity contribution in [3.05, 3.63) is 35.4 Å². The Hall–Kier alpha value is -2.61. The van der Waals surface area contributed by atoms with Crippen LogP contribution in [0.25, 0.3) is 0 Å².